The number of aromatic nitrogens is 2. The van der Waals surface area contributed by atoms with E-state index in [0.29, 0.717) is 34.1 Å². The number of rotatable bonds is 32. The molecule has 5 aromatic heterocycles. The molecule has 0 spiro atoms. The molecule has 0 aliphatic heterocycles. The number of ether oxygens (including phenoxy) is 2. The summed E-state index contributed by atoms with van der Waals surface area (Å²) in [6.07, 6.45) is 30.5. The van der Waals surface area contributed by atoms with Crippen LogP contribution in [0.25, 0.3) is 63.4 Å². The Bertz CT molecular complexity index is 2910. The average molecular weight is 1030 g/mol. The normalized spacial score (nSPS) is 12.3. The van der Waals surface area contributed by atoms with E-state index in [1.165, 1.54) is 177 Å². The van der Waals surface area contributed by atoms with Gasteiger partial charge in [-0.15, -0.1) is 34.0 Å². The topological polar surface area (TPSA) is 123 Å². The lowest BCUT2D eigenvalue weighted by Crippen LogP contribution is -2.12. The molecule has 384 valence electrons. The fourth-order valence-electron chi connectivity index (χ4n) is 10.4. The van der Waals surface area contributed by atoms with E-state index in [1.807, 2.05) is 12.1 Å². The number of hydrogen-bond acceptors (Lipinski definition) is 9. The van der Waals surface area contributed by atoms with Crippen LogP contribution in [0, 0.1) is 57.2 Å². The Morgan fingerprint density at radius 1 is 0.425 bits per heavy atom. The maximum absolute atomic E-state index is 10.00. The zero-order valence-electron chi connectivity index (χ0n) is 44.0. The van der Waals surface area contributed by atoms with Gasteiger partial charge in [-0.25, -0.2) is 0 Å². The number of nitrogens with zero attached hydrogens (tertiary/aromatic N) is 6. The van der Waals surface area contributed by atoms with Gasteiger partial charge in [0, 0.05) is 11.4 Å². The quantitative estimate of drug-likeness (QED) is 0.0387. The van der Waals surface area contributed by atoms with Gasteiger partial charge in [0.05, 0.1) is 63.1 Å². The van der Waals surface area contributed by atoms with Crippen molar-refractivity contribution in [2.24, 2.45) is 11.8 Å². The van der Waals surface area contributed by atoms with Crippen LogP contribution in [0.5, 0.6) is 11.5 Å². The van der Waals surface area contributed by atoms with Crippen molar-refractivity contribution in [3.8, 4) is 47.2 Å². The van der Waals surface area contributed by atoms with Crippen molar-refractivity contribution in [3.63, 3.8) is 0 Å². The fraction of sp³-hybridized carbons (Fsp3) is 0.516. The van der Waals surface area contributed by atoms with Gasteiger partial charge in [-0.05, 0) is 98.2 Å². The van der Waals surface area contributed by atoms with E-state index in [0.717, 1.165) is 63.7 Å². The molecular formula is C62H76N6O2S3. The first-order valence-corrected chi connectivity index (χ1v) is 30.2. The largest absolute Gasteiger partial charge is 0.493 e. The van der Waals surface area contributed by atoms with Crippen molar-refractivity contribution < 1.29 is 9.47 Å². The van der Waals surface area contributed by atoms with Gasteiger partial charge in [-0.1, -0.05) is 156 Å². The number of fused-ring (bicyclic) bond motifs is 7. The molecule has 0 N–H and O–H groups in total. The summed E-state index contributed by atoms with van der Waals surface area (Å²) >= 11 is 4.63. The average Bonchev–Trinajstić information content (AvgIpc) is 4.23. The Morgan fingerprint density at radius 2 is 0.740 bits per heavy atom. The van der Waals surface area contributed by atoms with Gasteiger partial charge in [0.15, 0.2) is 0 Å². The Morgan fingerprint density at radius 3 is 1.07 bits per heavy atom. The van der Waals surface area contributed by atoms with Crippen molar-refractivity contribution in [2.45, 2.75) is 182 Å². The van der Waals surface area contributed by atoms with E-state index in [4.69, 9.17) is 9.47 Å². The van der Waals surface area contributed by atoms with Gasteiger partial charge in [0.1, 0.15) is 46.9 Å². The smallest absolute Gasteiger partial charge is 0.146 e. The van der Waals surface area contributed by atoms with Crippen LogP contribution in [0.3, 0.4) is 0 Å². The standard InChI is InChI=1S/C62H76N6O2S3/c1-5-9-13-17-19-23-27-45(25-21-15-11-7-3)43-69-51-33-29-49(30-34-51)67-53-37-55(47(39-63)40-64)71-59(53)61-57(67)58-62(73-61)60-54(38-56(72-60)48(41-65)42-66)68(58)50-31-35-52(36-32-50)70-44-46(26-22-16-12-8-4)28-24-20-18-14-10-6-2/h29-38,45-46H,5-28,43-44H2,1-4H3. The molecule has 7 rings (SSSR count). The van der Waals surface area contributed by atoms with Crippen molar-refractivity contribution in [1.29, 1.82) is 21.0 Å². The molecule has 0 radical (unpaired) electrons. The van der Waals surface area contributed by atoms with Crippen LogP contribution >= 0.6 is 34.0 Å². The summed E-state index contributed by atoms with van der Waals surface area (Å²) in [5, 5.41) is 40.0. The van der Waals surface area contributed by atoms with Gasteiger partial charge in [-0.2, -0.15) is 21.0 Å². The molecule has 73 heavy (non-hydrogen) atoms. The second-order valence-corrected chi connectivity index (χ2v) is 23.3. The first-order valence-electron chi connectivity index (χ1n) is 27.8. The summed E-state index contributed by atoms with van der Waals surface area (Å²) in [5.74, 6) is 2.76. The van der Waals surface area contributed by atoms with Crippen LogP contribution in [-0.2, 0) is 0 Å². The Kier molecular flexibility index (Phi) is 21.8. The molecule has 2 atom stereocenters. The molecule has 5 heterocycles. The first kappa shape index (κ1) is 55.2. The van der Waals surface area contributed by atoms with Crippen LogP contribution in [0.15, 0.2) is 60.7 Å². The highest BCUT2D eigenvalue weighted by Crippen LogP contribution is 2.49. The Hall–Kier alpha value is -5.56. The Balaban J connectivity index is 1.26. The molecule has 11 heteroatoms. The van der Waals surface area contributed by atoms with E-state index in [1.54, 1.807) is 11.3 Å². The van der Waals surface area contributed by atoms with E-state index < -0.39 is 0 Å². The predicted molar refractivity (Wildman–Crippen MR) is 309 cm³/mol. The highest BCUT2D eigenvalue weighted by Gasteiger charge is 2.27. The lowest BCUT2D eigenvalue weighted by Gasteiger charge is -2.18. The second-order valence-electron chi connectivity index (χ2n) is 20.1. The number of unbranched alkanes of at least 4 members (excludes halogenated alkanes) is 16. The predicted octanol–water partition coefficient (Wildman–Crippen LogP) is 17.9. The summed E-state index contributed by atoms with van der Waals surface area (Å²) < 4.78 is 23.1. The van der Waals surface area contributed by atoms with Gasteiger partial charge >= 0.3 is 0 Å². The third-order valence-electron chi connectivity index (χ3n) is 14.6. The lowest BCUT2D eigenvalue weighted by atomic mass is 9.95. The van der Waals surface area contributed by atoms with Crippen molar-refractivity contribution in [3.05, 3.63) is 69.7 Å². The minimum absolute atomic E-state index is 0.0920. The van der Waals surface area contributed by atoms with Crippen LogP contribution in [0.1, 0.15) is 182 Å². The number of nitriles is 4. The van der Waals surface area contributed by atoms with Gasteiger partial charge in [0.25, 0.3) is 0 Å². The third-order valence-corrected chi connectivity index (χ3v) is 18.4. The zero-order chi connectivity index (χ0) is 51.4. The van der Waals surface area contributed by atoms with E-state index in [2.05, 4.69) is 110 Å². The maximum Gasteiger partial charge on any atom is 0.146 e. The van der Waals surface area contributed by atoms with Crippen LogP contribution in [0.2, 0.25) is 0 Å². The molecule has 0 fully saturated rings. The molecule has 0 bridgehead atoms. The molecule has 8 nitrogen and oxygen atoms in total. The third kappa shape index (κ3) is 14.0. The summed E-state index contributed by atoms with van der Waals surface area (Å²) in [5.41, 5.74) is 6.00. The number of benzene rings is 2. The summed E-state index contributed by atoms with van der Waals surface area (Å²) in [4.78, 5) is 0. The molecular weight excluding hydrogens is 957 g/mol. The zero-order valence-corrected chi connectivity index (χ0v) is 46.5. The van der Waals surface area contributed by atoms with E-state index >= 15 is 0 Å². The fourth-order valence-corrected chi connectivity index (χ4v) is 14.2. The van der Waals surface area contributed by atoms with Crippen molar-refractivity contribution in [1.82, 2.24) is 9.13 Å². The van der Waals surface area contributed by atoms with Crippen LogP contribution in [-0.4, -0.2) is 22.3 Å². The molecule has 2 unspecified atom stereocenters. The maximum atomic E-state index is 10.00. The van der Waals surface area contributed by atoms with Crippen LogP contribution in [0.4, 0.5) is 0 Å². The van der Waals surface area contributed by atoms with Gasteiger partial charge in [-0.3, -0.25) is 0 Å². The Labute approximate surface area is 446 Å². The highest BCUT2D eigenvalue weighted by atomic mass is 32.1. The number of thiophene rings is 3. The van der Waals surface area contributed by atoms with Crippen molar-refractivity contribution >= 4 is 86.0 Å². The molecule has 0 saturated heterocycles. The van der Waals surface area contributed by atoms with E-state index in [9.17, 15) is 21.0 Å². The van der Waals surface area contributed by atoms with Gasteiger partial charge in [0.2, 0.25) is 0 Å². The summed E-state index contributed by atoms with van der Waals surface area (Å²) in [6.45, 7) is 10.5. The molecule has 0 aliphatic rings. The molecule has 2 aromatic carbocycles. The first-order chi connectivity index (χ1) is 35.9. The SMILES string of the molecule is CCCCCCCCC(CCCCCC)COc1ccc(-n2c3cc(=C(C#N)C#N)sc3c3sc4c5sc(=C(C#N)C#N)cc5n(-c5ccc(OCC(CCCCCC)CCCCCCCC)cc5)c4c32)cc1. The van der Waals surface area contributed by atoms with Crippen LogP contribution < -0.4 is 18.5 Å². The molecule has 0 saturated carbocycles. The van der Waals surface area contributed by atoms with Gasteiger partial charge < -0.3 is 18.6 Å². The number of hydrogen-bond donors (Lipinski definition) is 0. The summed E-state index contributed by atoms with van der Waals surface area (Å²) in [7, 11) is 0. The summed E-state index contributed by atoms with van der Waals surface area (Å²) in [6, 6.07) is 29.3. The van der Waals surface area contributed by atoms with E-state index in [-0.39, 0.29) is 11.1 Å². The molecule has 7 aromatic rings. The molecule has 0 amide bonds. The minimum atomic E-state index is 0.0920. The lowest BCUT2D eigenvalue weighted by molar-refractivity contribution is 0.224. The second kappa shape index (κ2) is 28.8. The van der Waals surface area contributed by atoms with Crippen molar-refractivity contribution in [2.75, 3.05) is 13.2 Å². The monoisotopic (exact) mass is 1030 g/mol. The highest BCUT2D eigenvalue weighted by molar-refractivity contribution is 7.33. The molecule has 0 aliphatic carbocycles. The minimum Gasteiger partial charge on any atom is -0.493 e.